The van der Waals surface area contributed by atoms with Gasteiger partial charge in [0.05, 0.1) is 0 Å². The summed E-state index contributed by atoms with van der Waals surface area (Å²) >= 11 is 7.41. The maximum Gasteiger partial charge on any atom is 0.276 e. The van der Waals surface area contributed by atoms with E-state index in [0.717, 1.165) is 41.9 Å². The number of rotatable bonds is 16. The van der Waals surface area contributed by atoms with Crippen LogP contribution in [0.2, 0.25) is 5.02 Å². The van der Waals surface area contributed by atoms with Gasteiger partial charge in [-0.25, -0.2) is 4.39 Å². The van der Waals surface area contributed by atoms with Gasteiger partial charge in [0.2, 0.25) is 5.91 Å². The van der Waals surface area contributed by atoms with Gasteiger partial charge < -0.3 is 19.5 Å². The molecule has 45 heavy (non-hydrogen) atoms. The molecule has 0 aliphatic heterocycles. The Morgan fingerprint density at radius 3 is 2.18 bits per heavy atom. The number of thioether (sulfide) groups is 1. The number of hydrogen-bond donors (Lipinski definition) is 1. The lowest BCUT2D eigenvalue weighted by molar-refractivity contribution is -0.132. The van der Waals surface area contributed by atoms with Crippen molar-refractivity contribution in [3.63, 3.8) is 0 Å². The fourth-order valence-electron chi connectivity index (χ4n) is 4.95. The first-order valence-electron chi connectivity index (χ1n) is 15.2. The van der Waals surface area contributed by atoms with Crippen molar-refractivity contribution < 1.29 is 14.3 Å². The molecule has 238 valence electrons. The van der Waals surface area contributed by atoms with Crippen molar-refractivity contribution in [2.75, 3.05) is 32.8 Å². The molecule has 7 nitrogen and oxygen atoms in total. The van der Waals surface area contributed by atoms with Gasteiger partial charge >= 0.3 is 0 Å². The van der Waals surface area contributed by atoms with Gasteiger partial charge in [0, 0.05) is 68.2 Å². The van der Waals surface area contributed by atoms with Crippen molar-refractivity contribution in [1.29, 1.82) is 0 Å². The van der Waals surface area contributed by atoms with Crippen LogP contribution < -0.4 is 5.56 Å². The number of aliphatic hydroxyl groups is 1. The van der Waals surface area contributed by atoms with Gasteiger partial charge in [0.25, 0.3) is 5.56 Å². The Morgan fingerprint density at radius 2 is 1.56 bits per heavy atom. The second-order valence-corrected chi connectivity index (χ2v) is 12.1. The van der Waals surface area contributed by atoms with Crippen molar-refractivity contribution in [1.82, 2.24) is 19.4 Å². The number of likely N-dealkylation sites (N-methyl/N-ethyl adjacent to an activating group) is 1. The van der Waals surface area contributed by atoms with E-state index in [0.29, 0.717) is 41.1 Å². The van der Waals surface area contributed by atoms with Gasteiger partial charge in [0.1, 0.15) is 5.82 Å². The number of hydrogen-bond acceptors (Lipinski definition) is 6. The van der Waals surface area contributed by atoms with Crippen LogP contribution in [0.5, 0.6) is 0 Å². The van der Waals surface area contributed by atoms with Crippen LogP contribution in [0.3, 0.4) is 0 Å². The van der Waals surface area contributed by atoms with E-state index in [1.165, 1.54) is 23.9 Å². The normalized spacial score (nSPS) is 11.2. The Bertz CT molecular complexity index is 1580. The molecule has 1 amide bonds. The number of aromatic nitrogens is 2. The number of aliphatic hydroxyl groups excluding tert-OH is 1. The van der Waals surface area contributed by atoms with Crippen molar-refractivity contribution in [3.05, 3.63) is 117 Å². The van der Waals surface area contributed by atoms with E-state index in [2.05, 4.69) is 48.0 Å². The summed E-state index contributed by atoms with van der Waals surface area (Å²) in [5, 5.41) is 10.6. The Labute approximate surface area is 273 Å². The van der Waals surface area contributed by atoms with Gasteiger partial charge in [-0.05, 0) is 59.6 Å². The largest absolute Gasteiger partial charge is 0.396 e. The average Bonchev–Trinajstić information content (AvgIpc) is 3.05. The first-order valence-corrected chi connectivity index (χ1v) is 16.6. The molecule has 3 aromatic carbocycles. The highest BCUT2D eigenvalue weighted by Gasteiger charge is 2.17. The van der Waals surface area contributed by atoms with E-state index in [1.54, 1.807) is 18.3 Å². The average molecular weight is 651 g/mol. The van der Waals surface area contributed by atoms with Gasteiger partial charge in [-0.2, -0.15) is 4.98 Å². The standard InChI is InChI=1S/C35H40ClFN4O3S/c1-3-39(4-2)20-21-40(23-26-5-9-28(10-6-26)29-11-13-31(36)14-12-29)33(43)17-19-41-24-30(18-22-42)34(44)38-35(41)45-25-27-7-15-32(37)16-8-27/h5-16,24,42H,3-4,17-23,25H2,1-2H3. The molecule has 0 saturated carbocycles. The van der Waals surface area contributed by atoms with Crippen molar-refractivity contribution in [3.8, 4) is 11.1 Å². The highest BCUT2D eigenvalue weighted by atomic mass is 35.5. The zero-order valence-electron chi connectivity index (χ0n) is 25.8. The van der Waals surface area contributed by atoms with Crippen LogP contribution in [0.25, 0.3) is 11.1 Å². The third-order valence-electron chi connectivity index (χ3n) is 7.70. The first kappa shape index (κ1) is 34.4. The molecule has 4 rings (SSSR count). The fraction of sp³-hybridized carbons (Fsp3) is 0.343. The number of halogens is 2. The van der Waals surface area contributed by atoms with Crippen LogP contribution in [0.15, 0.2) is 88.9 Å². The number of carbonyl (C=O) groups is 1. The maximum atomic E-state index is 13.7. The van der Waals surface area contributed by atoms with Crippen LogP contribution >= 0.6 is 23.4 Å². The molecule has 1 N–H and O–H groups in total. The summed E-state index contributed by atoms with van der Waals surface area (Å²) in [6.45, 7) is 8.02. The summed E-state index contributed by atoms with van der Waals surface area (Å²) in [5.41, 5.74) is 4.08. The number of carbonyl (C=O) groups excluding carboxylic acids is 1. The second kappa shape index (κ2) is 17.3. The smallest absolute Gasteiger partial charge is 0.276 e. The molecule has 0 atom stereocenters. The van der Waals surface area contributed by atoms with E-state index >= 15 is 0 Å². The predicted molar refractivity (Wildman–Crippen MR) is 180 cm³/mol. The highest BCUT2D eigenvalue weighted by Crippen LogP contribution is 2.23. The number of amides is 1. The molecule has 0 spiro atoms. The Morgan fingerprint density at radius 1 is 0.933 bits per heavy atom. The molecule has 10 heteroatoms. The Kier molecular flexibility index (Phi) is 13.2. The number of aryl methyl sites for hydroxylation is 1. The van der Waals surface area contributed by atoms with Crippen molar-refractivity contribution in [2.24, 2.45) is 0 Å². The van der Waals surface area contributed by atoms with E-state index in [1.807, 2.05) is 33.7 Å². The van der Waals surface area contributed by atoms with Gasteiger partial charge in [-0.1, -0.05) is 85.7 Å². The molecular weight excluding hydrogens is 611 g/mol. The SMILES string of the molecule is CCN(CC)CCN(Cc1ccc(-c2ccc(Cl)cc2)cc1)C(=O)CCn1cc(CCO)c(=O)nc1SCc1ccc(F)cc1. The van der Waals surface area contributed by atoms with Crippen LogP contribution in [0.1, 0.15) is 37.0 Å². The molecule has 0 fully saturated rings. The molecule has 0 bridgehead atoms. The monoisotopic (exact) mass is 650 g/mol. The number of benzene rings is 3. The lowest BCUT2D eigenvalue weighted by Gasteiger charge is -2.27. The Hall–Kier alpha value is -3.50. The molecule has 4 aromatic rings. The van der Waals surface area contributed by atoms with Gasteiger partial charge in [0.15, 0.2) is 5.16 Å². The molecule has 1 aromatic heterocycles. The highest BCUT2D eigenvalue weighted by molar-refractivity contribution is 7.98. The summed E-state index contributed by atoms with van der Waals surface area (Å²) in [6.07, 6.45) is 2.10. The molecule has 0 radical (unpaired) electrons. The van der Waals surface area contributed by atoms with Crippen LogP contribution in [-0.2, 0) is 30.1 Å². The third kappa shape index (κ3) is 10.3. The summed E-state index contributed by atoms with van der Waals surface area (Å²) in [5.74, 6) is 0.177. The minimum atomic E-state index is -0.392. The van der Waals surface area contributed by atoms with Crippen LogP contribution in [-0.4, -0.2) is 63.2 Å². The molecule has 0 unspecified atom stereocenters. The first-order chi connectivity index (χ1) is 21.8. The summed E-state index contributed by atoms with van der Waals surface area (Å²) < 4.78 is 15.2. The van der Waals surface area contributed by atoms with Crippen molar-refractivity contribution >= 4 is 29.3 Å². The minimum Gasteiger partial charge on any atom is -0.396 e. The Balaban J connectivity index is 1.50. The topological polar surface area (TPSA) is 78.7 Å². The second-order valence-electron chi connectivity index (χ2n) is 10.7. The lowest BCUT2D eigenvalue weighted by Crippen LogP contribution is -2.38. The van der Waals surface area contributed by atoms with E-state index < -0.39 is 5.56 Å². The zero-order valence-corrected chi connectivity index (χ0v) is 27.4. The maximum absolute atomic E-state index is 13.7. The van der Waals surface area contributed by atoms with E-state index in [-0.39, 0.29) is 31.2 Å². The zero-order chi connectivity index (χ0) is 32.2. The van der Waals surface area contributed by atoms with E-state index in [4.69, 9.17) is 11.6 Å². The summed E-state index contributed by atoms with van der Waals surface area (Å²) in [7, 11) is 0. The summed E-state index contributed by atoms with van der Waals surface area (Å²) in [4.78, 5) is 34.9. The van der Waals surface area contributed by atoms with Gasteiger partial charge in [-0.15, -0.1) is 0 Å². The predicted octanol–water partition coefficient (Wildman–Crippen LogP) is 6.29. The van der Waals surface area contributed by atoms with Crippen LogP contribution in [0.4, 0.5) is 4.39 Å². The molecular formula is C35H40ClFN4O3S. The quantitative estimate of drug-likeness (QED) is 0.113. The van der Waals surface area contributed by atoms with E-state index in [9.17, 15) is 19.1 Å². The fourth-order valence-corrected chi connectivity index (χ4v) is 6.02. The summed E-state index contributed by atoms with van der Waals surface area (Å²) in [6, 6.07) is 22.1. The lowest BCUT2D eigenvalue weighted by atomic mass is 10.0. The van der Waals surface area contributed by atoms with Crippen LogP contribution in [0, 0.1) is 5.82 Å². The molecule has 0 aliphatic rings. The van der Waals surface area contributed by atoms with Gasteiger partial charge in [-0.3, -0.25) is 9.59 Å². The molecule has 0 saturated heterocycles. The third-order valence-corrected chi connectivity index (χ3v) is 9.01. The van der Waals surface area contributed by atoms with Crippen molar-refractivity contribution in [2.45, 2.75) is 50.7 Å². The minimum absolute atomic E-state index is 0.000765. The molecule has 0 aliphatic carbocycles. The number of nitrogens with zero attached hydrogens (tertiary/aromatic N) is 4. The molecule has 1 heterocycles.